The van der Waals surface area contributed by atoms with E-state index in [1.807, 2.05) is 13.8 Å². The standard InChI is InChI=1S/C23H36N4O7/c1-12(2)9-16(24)20(30)27-19(13(3)4)22(32)25-17(10-14-5-7-15(29)8-6-14)21(31)26-18(11-28)23(33)34/h5-8,12-13,16-19,28-29H,9-11,24H2,1-4H3,(H,25,32)(H,26,31)(H,27,30)(H,33,34). The van der Waals surface area contributed by atoms with Crippen molar-refractivity contribution in [3.05, 3.63) is 29.8 Å². The topological polar surface area (TPSA) is 191 Å². The fourth-order valence-corrected chi connectivity index (χ4v) is 3.21. The van der Waals surface area contributed by atoms with Crippen LogP contribution in [-0.4, -0.2) is 69.8 Å². The van der Waals surface area contributed by atoms with E-state index >= 15 is 0 Å². The van der Waals surface area contributed by atoms with Gasteiger partial charge in [-0.15, -0.1) is 0 Å². The van der Waals surface area contributed by atoms with Gasteiger partial charge in [-0.1, -0.05) is 39.8 Å². The molecule has 3 amide bonds. The molecule has 8 N–H and O–H groups in total. The number of aliphatic hydroxyl groups is 1. The van der Waals surface area contributed by atoms with E-state index in [2.05, 4.69) is 16.0 Å². The van der Waals surface area contributed by atoms with Crippen LogP contribution >= 0.6 is 0 Å². The maximum absolute atomic E-state index is 13.1. The van der Waals surface area contributed by atoms with E-state index in [1.54, 1.807) is 26.0 Å². The maximum atomic E-state index is 13.1. The van der Waals surface area contributed by atoms with E-state index in [4.69, 9.17) is 10.8 Å². The summed E-state index contributed by atoms with van der Waals surface area (Å²) in [5, 5.41) is 35.2. The Morgan fingerprint density at radius 3 is 1.91 bits per heavy atom. The van der Waals surface area contributed by atoms with Crippen LogP contribution in [0.15, 0.2) is 24.3 Å². The van der Waals surface area contributed by atoms with Gasteiger partial charge >= 0.3 is 5.97 Å². The number of aliphatic hydroxyl groups excluding tert-OH is 1. The highest BCUT2D eigenvalue weighted by molar-refractivity contribution is 5.94. The summed E-state index contributed by atoms with van der Waals surface area (Å²) in [7, 11) is 0. The van der Waals surface area contributed by atoms with Crippen LogP contribution in [0.25, 0.3) is 0 Å². The largest absolute Gasteiger partial charge is 0.508 e. The number of hydrogen-bond acceptors (Lipinski definition) is 7. The van der Waals surface area contributed by atoms with E-state index < -0.39 is 54.5 Å². The van der Waals surface area contributed by atoms with E-state index in [0.29, 0.717) is 12.0 Å². The first kappa shape index (κ1) is 28.9. The lowest BCUT2D eigenvalue weighted by molar-refractivity contribution is -0.143. The van der Waals surface area contributed by atoms with Crippen molar-refractivity contribution >= 4 is 23.7 Å². The Hall–Kier alpha value is -3.18. The zero-order chi connectivity index (χ0) is 26.0. The second-order valence-electron chi connectivity index (χ2n) is 8.98. The summed E-state index contributed by atoms with van der Waals surface area (Å²) >= 11 is 0. The average molecular weight is 481 g/mol. The molecule has 0 aliphatic carbocycles. The number of nitrogens with two attached hydrogens (primary N) is 1. The lowest BCUT2D eigenvalue weighted by atomic mass is 9.99. The van der Waals surface area contributed by atoms with Crippen molar-refractivity contribution in [3.63, 3.8) is 0 Å². The zero-order valence-corrected chi connectivity index (χ0v) is 19.9. The number of rotatable bonds is 13. The molecule has 0 radical (unpaired) electrons. The number of hydrogen-bond donors (Lipinski definition) is 7. The second-order valence-corrected chi connectivity index (χ2v) is 8.98. The van der Waals surface area contributed by atoms with Crippen molar-refractivity contribution in [3.8, 4) is 5.75 Å². The second kappa shape index (κ2) is 13.5. The quantitative estimate of drug-likeness (QED) is 0.196. The Balaban J connectivity index is 3.07. The zero-order valence-electron chi connectivity index (χ0n) is 19.9. The summed E-state index contributed by atoms with van der Waals surface area (Å²) in [4.78, 5) is 49.6. The molecule has 0 fully saturated rings. The lowest BCUT2D eigenvalue weighted by Crippen LogP contribution is -2.59. The van der Waals surface area contributed by atoms with Crippen molar-refractivity contribution in [2.75, 3.05) is 6.61 Å². The molecule has 0 heterocycles. The van der Waals surface area contributed by atoms with Gasteiger partial charge in [-0.05, 0) is 36.0 Å². The van der Waals surface area contributed by atoms with Crippen LogP contribution in [0.2, 0.25) is 0 Å². The van der Waals surface area contributed by atoms with Crippen LogP contribution in [0.1, 0.15) is 39.7 Å². The van der Waals surface area contributed by atoms with Crippen molar-refractivity contribution in [2.45, 2.75) is 64.7 Å². The van der Waals surface area contributed by atoms with Crippen LogP contribution in [0, 0.1) is 11.8 Å². The van der Waals surface area contributed by atoms with Crippen LogP contribution in [0.4, 0.5) is 0 Å². The summed E-state index contributed by atoms with van der Waals surface area (Å²) < 4.78 is 0. The van der Waals surface area contributed by atoms with Gasteiger partial charge in [0.05, 0.1) is 12.6 Å². The van der Waals surface area contributed by atoms with Gasteiger partial charge in [-0.2, -0.15) is 0 Å². The first-order valence-corrected chi connectivity index (χ1v) is 11.1. The number of phenols is 1. The van der Waals surface area contributed by atoms with Crippen molar-refractivity contribution in [1.29, 1.82) is 0 Å². The Labute approximate surface area is 199 Å². The molecule has 34 heavy (non-hydrogen) atoms. The molecule has 11 nitrogen and oxygen atoms in total. The average Bonchev–Trinajstić information content (AvgIpc) is 2.75. The third kappa shape index (κ3) is 9.36. The normalized spacial score (nSPS) is 14.7. The summed E-state index contributed by atoms with van der Waals surface area (Å²) in [6, 6.07) is 1.36. The van der Waals surface area contributed by atoms with Gasteiger partial charge in [0.2, 0.25) is 17.7 Å². The summed E-state index contributed by atoms with van der Waals surface area (Å²) in [5.41, 5.74) is 6.50. The van der Waals surface area contributed by atoms with Gasteiger partial charge in [0.1, 0.15) is 23.9 Å². The fraction of sp³-hybridized carbons (Fsp3) is 0.565. The molecule has 4 atom stereocenters. The third-order valence-electron chi connectivity index (χ3n) is 5.12. The highest BCUT2D eigenvalue weighted by Gasteiger charge is 2.31. The molecule has 0 saturated heterocycles. The molecule has 0 bridgehead atoms. The van der Waals surface area contributed by atoms with Crippen molar-refractivity contribution in [2.24, 2.45) is 17.6 Å². The number of benzene rings is 1. The first-order chi connectivity index (χ1) is 15.8. The lowest BCUT2D eigenvalue weighted by Gasteiger charge is -2.27. The van der Waals surface area contributed by atoms with Gasteiger partial charge in [0.25, 0.3) is 0 Å². The van der Waals surface area contributed by atoms with Crippen LogP contribution in [0.5, 0.6) is 5.75 Å². The minimum absolute atomic E-state index is 0.0142. The summed E-state index contributed by atoms with van der Waals surface area (Å²) in [6.07, 6.45) is 0.406. The van der Waals surface area contributed by atoms with E-state index in [-0.39, 0.29) is 24.0 Å². The highest BCUT2D eigenvalue weighted by Crippen LogP contribution is 2.13. The molecule has 1 aromatic rings. The van der Waals surface area contributed by atoms with E-state index in [1.165, 1.54) is 12.1 Å². The molecule has 1 aromatic carbocycles. The van der Waals surface area contributed by atoms with Crippen LogP contribution in [0.3, 0.4) is 0 Å². The number of carboxylic acids is 1. The molecular formula is C23H36N4O7. The molecule has 0 spiro atoms. The number of nitrogens with one attached hydrogen (secondary N) is 3. The number of carbonyl (C=O) groups excluding carboxylic acids is 3. The van der Waals surface area contributed by atoms with Gasteiger partial charge in [0, 0.05) is 6.42 Å². The van der Waals surface area contributed by atoms with Gasteiger partial charge in [0.15, 0.2) is 0 Å². The molecule has 0 aromatic heterocycles. The van der Waals surface area contributed by atoms with Crippen molar-refractivity contribution in [1.82, 2.24) is 16.0 Å². The predicted octanol–water partition coefficient (Wildman–Crippen LogP) is -0.505. The van der Waals surface area contributed by atoms with Crippen LogP contribution in [-0.2, 0) is 25.6 Å². The van der Waals surface area contributed by atoms with E-state index in [0.717, 1.165) is 0 Å². The summed E-state index contributed by atoms with van der Waals surface area (Å²) in [6.45, 7) is 6.45. The number of phenolic OH excluding ortho intramolecular Hbond substituents is 1. The Morgan fingerprint density at radius 1 is 0.882 bits per heavy atom. The number of carbonyl (C=O) groups is 4. The SMILES string of the molecule is CC(C)CC(N)C(=O)NC(C(=O)NC(Cc1ccc(O)cc1)C(=O)NC(CO)C(=O)O)C(C)C. The Kier molecular flexibility index (Phi) is 11.5. The molecular weight excluding hydrogens is 444 g/mol. The summed E-state index contributed by atoms with van der Waals surface area (Å²) in [5.74, 6) is -3.54. The number of amides is 3. The Morgan fingerprint density at radius 2 is 1.44 bits per heavy atom. The molecule has 0 aliphatic heterocycles. The monoisotopic (exact) mass is 480 g/mol. The van der Waals surface area contributed by atoms with Gasteiger partial charge < -0.3 is 37.0 Å². The molecule has 4 unspecified atom stereocenters. The maximum Gasteiger partial charge on any atom is 0.328 e. The number of aromatic hydroxyl groups is 1. The van der Waals surface area contributed by atoms with Gasteiger partial charge in [-0.3, -0.25) is 14.4 Å². The minimum Gasteiger partial charge on any atom is -0.508 e. The molecule has 1 rings (SSSR count). The molecule has 0 saturated carbocycles. The molecule has 190 valence electrons. The number of aliphatic carboxylic acids is 1. The highest BCUT2D eigenvalue weighted by atomic mass is 16.4. The Bertz CT molecular complexity index is 842. The smallest absolute Gasteiger partial charge is 0.328 e. The van der Waals surface area contributed by atoms with Crippen molar-refractivity contribution < 1.29 is 34.5 Å². The van der Waals surface area contributed by atoms with Gasteiger partial charge in [-0.25, -0.2) is 4.79 Å². The predicted molar refractivity (Wildman–Crippen MR) is 125 cm³/mol. The molecule has 0 aliphatic rings. The first-order valence-electron chi connectivity index (χ1n) is 11.1. The minimum atomic E-state index is -1.55. The molecule has 11 heteroatoms. The van der Waals surface area contributed by atoms with Crippen LogP contribution < -0.4 is 21.7 Å². The number of carboxylic acid groups (broad SMARTS) is 1. The van der Waals surface area contributed by atoms with E-state index in [9.17, 15) is 29.4 Å². The third-order valence-corrected chi connectivity index (χ3v) is 5.12. The fourth-order valence-electron chi connectivity index (χ4n) is 3.21.